The first-order valence-electron chi connectivity index (χ1n) is 3.84. The largest absolute Gasteiger partial charge is 0.505 e. The molecule has 0 fully saturated rings. The monoisotopic (exact) mass is 222 g/mol. The lowest BCUT2D eigenvalue weighted by atomic mass is 10.0. The van der Waals surface area contributed by atoms with E-state index >= 15 is 0 Å². The molecule has 0 spiro atoms. The summed E-state index contributed by atoms with van der Waals surface area (Å²) in [6, 6.07) is 1.03. The molecule has 6 heteroatoms. The summed E-state index contributed by atoms with van der Waals surface area (Å²) < 4.78 is 50.0. The molecule has 0 heterocycles. The number of aromatic hydroxyl groups is 1. The average Bonchev–Trinajstić information content (AvgIpc) is 2.06. The van der Waals surface area contributed by atoms with Gasteiger partial charge in [0.25, 0.3) is 0 Å². The molecule has 0 aliphatic carbocycles. The Morgan fingerprint density at radius 1 is 1.33 bits per heavy atom. The molecular formula is C9H6F4O2. The lowest BCUT2D eigenvalue weighted by molar-refractivity contribution is -0.138. The van der Waals surface area contributed by atoms with Crippen LogP contribution in [0.5, 0.6) is 5.75 Å². The van der Waals surface area contributed by atoms with Crippen molar-refractivity contribution >= 4 is 5.78 Å². The summed E-state index contributed by atoms with van der Waals surface area (Å²) in [6.45, 7) is 0.799. The van der Waals surface area contributed by atoms with Gasteiger partial charge in [0.1, 0.15) is 0 Å². The van der Waals surface area contributed by atoms with Crippen molar-refractivity contribution in [1.82, 2.24) is 0 Å². The van der Waals surface area contributed by atoms with E-state index in [1.165, 1.54) is 0 Å². The van der Waals surface area contributed by atoms with Gasteiger partial charge in [-0.25, -0.2) is 4.39 Å². The molecule has 0 radical (unpaired) electrons. The first-order valence-corrected chi connectivity index (χ1v) is 3.84. The predicted molar refractivity (Wildman–Crippen MR) is 43.1 cm³/mol. The number of benzene rings is 1. The van der Waals surface area contributed by atoms with Crippen LogP contribution in [-0.4, -0.2) is 10.9 Å². The third-order valence-electron chi connectivity index (χ3n) is 1.78. The number of hydrogen-bond donors (Lipinski definition) is 1. The quantitative estimate of drug-likeness (QED) is 0.586. The summed E-state index contributed by atoms with van der Waals surface area (Å²) in [5, 5.41) is 8.84. The van der Waals surface area contributed by atoms with Crippen molar-refractivity contribution in [1.29, 1.82) is 0 Å². The highest BCUT2D eigenvalue weighted by Gasteiger charge is 2.36. The summed E-state index contributed by atoms with van der Waals surface area (Å²) in [5.74, 6) is -3.61. The smallest absolute Gasteiger partial charge is 0.417 e. The Balaban J connectivity index is 3.55. The molecule has 0 aromatic heterocycles. The van der Waals surface area contributed by atoms with Crippen molar-refractivity contribution in [3.05, 3.63) is 29.1 Å². The van der Waals surface area contributed by atoms with Gasteiger partial charge in [-0.3, -0.25) is 4.79 Å². The molecule has 1 aromatic carbocycles. The standard InChI is InChI=1S/C9H6F4O2/c1-4(14)7-5(9(11,12)13)2-3-6(15)8(7)10/h2-3,15H,1H3. The number of phenolic OH excluding ortho intramolecular Hbond substituents is 1. The van der Waals surface area contributed by atoms with Gasteiger partial charge in [0.05, 0.1) is 11.1 Å². The number of hydrogen-bond acceptors (Lipinski definition) is 2. The Bertz CT molecular complexity index is 409. The number of carbonyl (C=O) groups excluding carboxylic acids is 1. The SMILES string of the molecule is CC(=O)c1c(C(F)(F)F)ccc(O)c1F. The van der Waals surface area contributed by atoms with Crippen LogP contribution in [0.4, 0.5) is 17.6 Å². The zero-order valence-corrected chi connectivity index (χ0v) is 7.52. The molecule has 0 aliphatic heterocycles. The van der Waals surface area contributed by atoms with Gasteiger partial charge in [-0.05, 0) is 19.1 Å². The minimum atomic E-state index is -4.82. The van der Waals surface area contributed by atoms with Gasteiger partial charge in [-0.15, -0.1) is 0 Å². The number of rotatable bonds is 1. The summed E-state index contributed by atoms with van der Waals surface area (Å²) in [4.78, 5) is 10.8. The number of alkyl halides is 3. The molecule has 2 nitrogen and oxygen atoms in total. The van der Waals surface area contributed by atoms with Crippen LogP contribution in [0.1, 0.15) is 22.8 Å². The normalized spacial score (nSPS) is 11.5. The maximum atomic E-state index is 13.1. The molecule has 0 saturated heterocycles. The van der Waals surface area contributed by atoms with E-state index in [9.17, 15) is 22.4 Å². The number of phenols is 1. The van der Waals surface area contributed by atoms with Crippen molar-refractivity contribution in [3.63, 3.8) is 0 Å². The van der Waals surface area contributed by atoms with Crippen LogP contribution in [0.2, 0.25) is 0 Å². The van der Waals surface area contributed by atoms with Crippen LogP contribution in [-0.2, 0) is 6.18 Å². The third-order valence-corrected chi connectivity index (χ3v) is 1.78. The van der Waals surface area contributed by atoms with E-state index in [0.717, 1.165) is 6.92 Å². The van der Waals surface area contributed by atoms with Crippen LogP contribution < -0.4 is 0 Å². The molecule has 1 N–H and O–H groups in total. The maximum absolute atomic E-state index is 13.1. The molecule has 0 atom stereocenters. The average molecular weight is 222 g/mol. The maximum Gasteiger partial charge on any atom is 0.417 e. The Morgan fingerprint density at radius 2 is 1.87 bits per heavy atom. The second-order valence-electron chi connectivity index (χ2n) is 2.88. The van der Waals surface area contributed by atoms with Crippen LogP contribution >= 0.6 is 0 Å². The van der Waals surface area contributed by atoms with Crippen LogP contribution in [0.25, 0.3) is 0 Å². The van der Waals surface area contributed by atoms with Gasteiger partial charge in [-0.2, -0.15) is 13.2 Å². The van der Waals surface area contributed by atoms with Crippen molar-refractivity contribution < 1.29 is 27.5 Å². The highest BCUT2D eigenvalue weighted by Crippen LogP contribution is 2.35. The van der Waals surface area contributed by atoms with Gasteiger partial charge in [-0.1, -0.05) is 0 Å². The van der Waals surface area contributed by atoms with Gasteiger partial charge in [0, 0.05) is 0 Å². The van der Waals surface area contributed by atoms with Gasteiger partial charge < -0.3 is 5.11 Å². The Kier molecular flexibility index (Phi) is 2.70. The zero-order valence-electron chi connectivity index (χ0n) is 7.52. The molecular weight excluding hydrogens is 216 g/mol. The fourth-order valence-electron chi connectivity index (χ4n) is 1.15. The first kappa shape index (κ1) is 11.5. The predicted octanol–water partition coefficient (Wildman–Crippen LogP) is 2.75. The van der Waals surface area contributed by atoms with E-state index in [1.807, 2.05) is 0 Å². The van der Waals surface area contributed by atoms with Gasteiger partial charge in [0.15, 0.2) is 17.3 Å². The summed E-state index contributed by atoms with van der Waals surface area (Å²) in [7, 11) is 0. The van der Waals surface area contributed by atoms with E-state index in [2.05, 4.69) is 0 Å². The summed E-state index contributed by atoms with van der Waals surface area (Å²) in [6.07, 6.45) is -4.82. The van der Waals surface area contributed by atoms with Crippen molar-refractivity contribution in [2.45, 2.75) is 13.1 Å². The van der Waals surface area contributed by atoms with Crippen molar-refractivity contribution in [2.24, 2.45) is 0 Å². The van der Waals surface area contributed by atoms with Crippen molar-refractivity contribution in [3.8, 4) is 5.75 Å². The Hall–Kier alpha value is -1.59. The molecule has 0 saturated carbocycles. The number of carbonyl (C=O) groups is 1. The molecule has 0 bridgehead atoms. The zero-order chi connectivity index (χ0) is 11.8. The lowest BCUT2D eigenvalue weighted by Gasteiger charge is -2.11. The van der Waals surface area contributed by atoms with Crippen molar-refractivity contribution in [2.75, 3.05) is 0 Å². The molecule has 0 aliphatic rings. The second kappa shape index (κ2) is 3.52. The minimum Gasteiger partial charge on any atom is -0.505 e. The second-order valence-corrected chi connectivity index (χ2v) is 2.88. The summed E-state index contributed by atoms with van der Waals surface area (Å²) >= 11 is 0. The molecule has 0 amide bonds. The molecule has 1 aromatic rings. The van der Waals surface area contributed by atoms with Crippen LogP contribution in [0.15, 0.2) is 12.1 Å². The van der Waals surface area contributed by atoms with E-state index < -0.39 is 34.7 Å². The van der Waals surface area contributed by atoms with Gasteiger partial charge in [0.2, 0.25) is 0 Å². The Labute approximate surface area is 82.1 Å². The molecule has 0 unspecified atom stereocenters. The third kappa shape index (κ3) is 2.08. The minimum absolute atomic E-state index is 0.467. The van der Waals surface area contributed by atoms with E-state index in [1.54, 1.807) is 0 Å². The van der Waals surface area contributed by atoms with E-state index in [0.29, 0.717) is 12.1 Å². The molecule has 82 valence electrons. The van der Waals surface area contributed by atoms with Crippen LogP contribution in [0.3, 0.4) is 0 Å². The topological polar surface area (TPSA) is 37.3 Å². The Morgan fingerprint density at radius 3 is 2.27 bits per heavy atom. The van der Waals surface area contributed by atoms with E-state index in [-0.39, 0.29) is 0 Å². The highest BCUT2D eigenvalue weighted by molar-refractivity contribution is 5.96. The van der Waals surface area contributed by atoms with Crippen LogP contribution in [0, 0.1) is 5.82 Å². The fourth-order valence-corrected chi connectivity index (χ4v) is 1.15. The highest BCUT2D eigenvalue weighted by atomic mass is 19.4. The number of halogens is 4. The van der Waals surface area contributed by atoms with E-state index in [4.69, 9.17) is 5.11 Å². The number of ketones is 1. The lowest BCUT2D eigenvalue weighted by Crippen LogP contribution is -2.13. The molecule has 1 rings (SSSR count). The number of Topliss-reactive ketones (excluding diaryl/α,β-unsaturated/α-hetero) is 1. The van der Waals surface area contributed by atoms with Gasteiger partial charge >= 0.3 is 6.18 Å². The molecule has 15 heavy (non-hydrogen) atoms. The fraction of sp³-hybridized carbons (Fsp3) is 0.222. The first-order chi connectivity index (χ1) is 6.75. The summed E-state index contributed by atoms with van der Waals surface area (Å²) in [5.41, 5.74) is -2.52.